The molecule has 0 atom stereocenters. The standard InChI is InChI=1S/C14H20O2/c1-4-14(15-9-10-16-14)13-7-5-12(6-8-13)11(2)3/h5-8,11H,4,9-10H2,1-3H3. The SMILES string of the molecule is CCC1(c2ccc(C(C)C)cc2)OCCO1. The van der Waals surface area contributed by atoms with Gasteiger partial charge in [-0.15, -0.1) is 0 Å². The Morgan fingerprint density at radius 2 is 1.69 bits per heavy atom. The van der Waals surface area contributed by atoms with Gasteiger partial charge in [-0.1, -0.05) is 45.0 Å². The summed E-state index contributed by atoms with van der Waals surface area (Å²) in [6.45, 7) is 7.89. The molecule has 2 nitrogen and oxygen atoms in total. The van der Waals surface area contributed by atoms with Crippen molar-refractivity contribution in [1.29, 1.82) is 0 Å². The van der Waals surface area contributed by atoms with E-state index in [0.717, 1.165) is 12.0 Å². The van der Waals surface area contributed by atoms with Crippen molar-refractivity contribution in [2.45, 2.75) is 38.9 Å². The van der Waals surface area contributed by atoms with E-state index in [-0.39, 0.29) is 0 Å². The molecule has 0 radical (unpaired) electrons. The molecule has 88 valence electrons. The van der Waals surface area contributed by atoms with Crippen LogP contribution < -0.4 is 0 Å². The molecule has 1 aliphatic heterocycles. The highest BCUT2D eigenvalue weighted by atomic mass is 16.7. The van der Waals surface area contributed by atoms with Crippen LogP contribution in [0.15, 0.2) is 24.3 Å². The summed E-state index contributed by atoms with van der Waals surface area (Å²) < 4.78 is 11.5. The molecule has 0 unspecified atom stereocenters. The molecule has 1 saturated heterocycles. The van der Waals surface area contributed by atoms with E-state index in [9.17, 15) is 0 Å². The lowest BCUT2D eigenvalue weighted by Gasteiger charge is -2.26. The van der Waals surface area contributed by atoms with Crippen molar-refractivity contribution in [3.63, 3.8) is 0 Å². The minimum Gasteiger partial charge on any atom is -0.343 e. The largest absolute Gasteiger partial charge is 0.343 e. The fraction of sp³-hybridized carbons (Fsp3) is 0.571. The van der Waals surface area contributed by atoms with Crippen molar-refractivity contribution in [3.05, 3.63) is 35.4 Å². The van der Waals surface area contributed by atoms with Gasteiger partial charge in [-0.2, -0.15) is 0 Å². The van der Waals surface area contributed by atoms with Gasteiger partial charge in [0.1, 0.15) is 0 Å². The average Bonchev–Trinajstić information content (AvgIpc) is 2.79. The number of ether oxygens (including phenoxy) is 2. The molecule has 0 spiro atoms. The zero-order valence-corrected chi connectivity index (χ0v) is 10.3. The number of hydrogen-bond donors (Lipinski definition) is 0. The van der Waals surface area contributed by atoms with Crippen LogP contribution >= 0.6 is 0 Å². The summed E-state index contributed by atoms with van der Waals surface area (Å²) >= 11 is 0. The van der Waals surface area contributed by atoms with Crippen LogP contribution in [-0.4, -0.2) is 13.2 Å². The third kappa shape index (κ3) is 2.00. The first-order valence-corrected chi connectivity index (χ1v) is 6.06. The zero-order chi connectivity index (χ0) is 11.6. The van der Waals surface area contributed by atoms with Gasteiger partial charge in [0, 0.05) is 12.0 Å². The minimum atomic E-state index is -0.491. The van der Waals surface area contributed by atoms with Crippen LogP contribution in [0.1, 0.15) is 44.2 Å². The average molecular weight is 220 g/mol. The Balaban J connectivity index is 2.26. The Bertz CT molecular complexity index is 334. The highest BCUT2D eigenvalue weighted by Crippen LogP contribution is 2.35. The number of benzene rings is 1. The second kappa shape index (κ2) is 4.56. The van der Waals surface area contributed by atoms with Crippen molar-refractivity contribution in [1.82, 2.24) is 0 Å². The molecule has 0 bridgehead atoms. The summed E-state index contributed by atoms with van der Waals surface area (Å²) in [5.41, 5.74) is 2.49. The molecule has 2 heteroatoms. The summed E-state index contributed by atoms with van der Waals surface area (Å²) in [5, 5.41) is 0. The molecular weight excluding hydrogens is 200 g/mol. The first-order chi connectivity index (χ1) is 7.68. The molecule has 16 heavy (non-hydrogen) atoms. The predicted octanol–water partition coefficient (Wildman–Crippen LogP) is 3.42. The van der Waals surface area contributed by atoms with Gasteiger partial charge >= 0.3 is 0 Å². The van der Waals surface area contributed by atoms with Gasteiger partial charge in [0.05, 0.1) is 13.2 Å². The van der Waals surface area contributed by atoms with Crippen LogP contribution in [0.4, 0.5) is 0 Å². The van der Waals surface area contributed by atoms with Gasteiger partial charge in [-0.05, 0) is 11.5 Å². The fourth-order valence-electron chi connectivity index (χ4n) is 2.15. The molecule has 0 aromatic heterocycles. The molecule has 1 fully saturated rings. The smallest absolute Gasteiger partial charge is 0.194 e. The molecule has 0 saturated carbocycles. The molecule has 0 aliphatic carbocycles. The van der Waals surface area contributed by atoms with Gasteiger partial charge in [0.2, 0.25) is 0 Å². The minimum absolute atomic E-state index is 0.491. The van der Waals surface area contributed by atoms with E-state index < -0.39 is 5.79 Å². The predicted molar refractivity (Wildman–Crippen MR) is 64.4 cm³/mol. The van der Waals surface area contributed by atoms with Crippen LogP contribution in [0.3, 0.4) is 0 Å². The molecule has 1 aliphatic rings. The van der Waals surface area contributed by atoms with E-state index in [1.54, 1.807) is 0 Å². The van der Waals surface area contributed by atoms with Crippen molar-refractivity contribution >= 4 is 0 Å². The summed E-state index contributed by atoms with van der Waals surface area (Å²) in [6.07, 6.45) is 0.855. The maximum absolute atomic E-state index is 5.75. The van der Waals surface area contributed by atoms with Gasteiger partial charge in [0.25, 0.3) is 0 Å². The molecular formula is C14H20O2. The van der Waals surface area contributed by atoms with Crippen LogP contribution in [0.25, 0.3) is 0 Å². The summed E-state index contributed by atoms with van der Waals surface area (Å²) in [5.74, 6) is 0.0761. The van der Waals surface area contributed by atoms with Crippen LogP contribution in [0.2, 0.25) is 0 Å². The molecule has 0 amide bonds. The topological polar surface area (TPSA) is 18.5 Å². The van der Waals surface area contributed by atoms with Crippen molar-refractivity contribution in [2.24, 2.45) is 0 Å². The van der Waals surface area contributed by atoms with Gasteiger partial charge in [-0.3, -0.25) is 0 Å². The third-order valence-corrected chi connectivity index (χ3v) is 3.24. The first kappa shape index (κ1) is 11.6. The van der Waals surface area contributed by atoms with E-state index in [4.69, 9.17) is 9.47 Å². The second-order valence-corrected chi connectivity index (χ2v) is 4.58. The summed E-state index contributed by atoms with van der Waals surface area (Å²) in [7, 11) is 0. The number of hydrogen-bond acceptors (Lipinski definition) is 2. The van der Waals surface area contributed by atoms with Gasteiger partial charge in [-0.25, -0.2) is 0 Å². The molecule has 0 N–H and O–H groups in total. The molecule has 1 aromatic rings. The quantitative estimate of drug-likeness (QED) is 0.777. The summed E-state index contributed by atoms with van der Waals surface area (Å²) in [4.78, 5) is 0. The Kier molecular flexibility index (Phi) is 3.31. The Morgan fingerprint density at radius 1 is 1.12 bits per heavy atom. The van der Waals surface area contributed by atoms with Crippen LogP contribution in [0, 0.1) is 0 Å². The maximum atomic E-state index is 5.75. The number of rotatable bonds is 3. The maximum Gasteiger partial charge on any atom is 0.194 e. The lowest BCUT2D eigenvalue weighted by Crippen LogP contribution is -2.25. The van der Waals surface area contributed by atoms with Crippen molar-refractivity contribution in [3.8, 4) is 0 Å². The van der Waals surface area contributed by atoms with E-state index in [0.29, 0.717) is 19.1 Å². The van der Waals surface area contributed by atoms with Crippen molar-refractivity contribution in [2.75, 3.05) is 13.2 Å². The highest BCUT2D eigenvalue weighted by Gasteiger charge is 2.36. The zero-order valence-electron chi connectivity index (χ0n) is 10.3. The lowest BCUT2D eigenvalue weighted by molar-refractivity contribution is -0.167. The van der Waals surface area contributed by atoms with E-state index in [2.05, 4.69) is 45.0 Å². The first-order valence-electron chi connectivity index (χ1n) is 6.06. The molecule has 1 aromatic carbocycles. The van der Waals surface area contributed by atoms with Crippen LogP contribution in [-0.2, 0) is 15.3 Å². The Labute approximate surface area is 97.6 Å². The molecule has 2 rings (SSSR count). The highest BCUT2D eigenvalue weighted by molar-refractivity contribution is 5.28. The Hall–Kier alpha value is -0.860. The van der Waals surface area contributed by atoms with E-state index in [1.807, 2.05) is 0 Å². The van der Waals surface area contributed by atoms with E-state index in [1.165, 1.54) is 5.56 Å². The third-order valence-electron chi connectivity index (χ3n) is 3.24. The second-order valence-electron chi connectivity index (χ2n) is 4.58. The monoisotopic (exact) mass is 220 g/mol. The van der Waals surface area contributed by atoms with Gasteiger partial charge < -0.3 is 9.47 Å². The fourth-order valence-corrected chi connectivity index (χ4v) is 2.15. The van der Waals surface area contributed by atoms with E-state index >= 15 is 0 Å². The summed E-state index contributed by atoms with van der Waals surface area (Å²) in [6, 6.07) is 8.60. The van der Waals surface area contributed by atoms with Crippen molar-refractivity contribution < 1.29 is 9.47 Å². The lowest BCUT2D eigenvalue weighted by atomic mass is 9.97. The van der Waals surface area contributed by atoms with Gasteiger partial charge in [0.15, 0.2) is 5.79 Å². The molecule has 1 heterocycles. The Morgan fingerprint density at radius 3 is 2.12 bits per heavy atom. The van der Waals surface area contributed by atoms with Crippen LogP contribution in [0.5, 0.6) is 0 Å². The normalized spacial score (nSPS) is 19.2.